The summed E-state index contributed by atoms with van der Waals surface area (Å²) in [5.41, 5.74) is 1.19. The molecule has 0 saturated carbocycles. The number of hydrogen-bond acceptors (Lipinski definition) is 4. The van der Waals surface area contributed by atoms with Gasteiger partial charge in [0.1, 0.15) is 5.01 Å². The third-order valence-corrected chi connectivity index (χ3v) is 4.58. The molecule has 0 bridgehead atoms. The minimum Gasteiger partial charge on any atom is -0.210 e. The summed E-state index contributed by atoms with van der Waals surface area (Å²) in [6.45, 7) is 0. The van der Waals surface area contributed by atoms with Gasteiger partial charge in [0.25, 0.3) is 0 Å². The summed E-state index contributed by atoms with van der Waals surface area (Å²) in [5.74, 6) is 0. The van der Waals surface area contributed by atoms with Crippen LogP contribution in [0.15, 0.2) is 11.4 Å². The SMILES string of the molecule is Ic1nsc(-c2csc(I)c2)n1. The first-order valence-electron chi connectivity index (χ1n) is 2.99. The lowest BCUT2D eigenvalue weighted by molar-refractivity contribution is 1.25. The van der Waals surface area contributed by atoms with Crippen LogP contribution in [0.1, 0.15) is 0 Å². The van der Waals surface area contributed by atoms with Gasteiger partial charge in [-0.1, -0.05) is 0 Å². The van der Waals surface area contributed by atoms with E-state index in [9.17, 15) is 0 Å². The maximum Gasteiger partial charge on any atom is 0.203 e. The Labute approximate surface area is 105 Å². The summed E-state index contributed by atoms with van der Waals surface area (Å²) in [6.07, 6.45) is 0. The molecule has 0 spiro atoms. The van der Waals surface area contributed by atoms with Crippen LogP contribution in [-0.4, -0.2) is 9.36 Å². The maximum absolute atomic E-state index is 4.29. The van der Waals surface area contributed by atoms with Crippen molar-refractivity contribution in [2.75, 3.05) is 0 Å². The van der Waals surface area contributed by atoms with E-state index >= 15 is 0 Å². The fourth-order valence-corrected chi connectivity index (χ4v) is 3.40. The number of halogens is 2. The van der Waals surface area contributed by atoms with Gasteiger partial charge < -0.3 is 0 Å². The lowest BCUT2D eigenvalue weighted by Crippen LogP contribution is -1.72. The van der Waals surface area contributed by atoms with Crippen molar-refractivity contribution in [2.24, 2.45) is 0 Å². The second-order valence-corrected chi connectivity index (χ2v) is 6.53. The summed E-state index contributed by atoms with van der Waals surface area (Å²) in [7, 11) is 0. The molecule has 0 aliphatic heterocycles. The van der Waals surface area contributed by atoms with Crippen molar-refractivity contribution >= 4 is 68.1 Å². The first kappa shape index (κ1) is 9.28. The van der Waals surface area contributed by atoms with E-state index in [1.165, 1.54) is 20.0 Å². The number of rotatable bonds is 1. The molecule has 2 rings (SSSR count). The van der Waals surface area contributed by atoms with Gasteiger partial charge in [0.2, 0.25) is 3.83 Å². The van der Waals surface area contributed by atoms with Crippen molar-refractivity contribution in [3.63, 3.8) is 0 Å². The molecule has 62 valence electrons. The second kappa shape index (κ2) is 3.84. The predicted octanol–water partition coefficient (Wildman–Crippen LogP) is 3.48. The lowest BCUT2D eigenvalue weighted by atomic mass is 10.4. The highest BCUT2D eigenvalue weighted by molar-refractivity contribution is 14.1. The fourth-order valence-electron chi connectivity index (χ4n) is 0.745. The van der Waals surface area contributed by atoms with Crippen molar-refractivity contribution in [2.45, 2.75) is 0 Å². The molecule has 0 amide bonds. The molecule has 0 unspecified atom stereocenters. The molecule has 0 radical (unpaired) electrons. The van der Waals surface area contributed by atoms with Crippen LogP contribution in [0.2, 0.25) is 0 Å². The number of hydrogen-bond donors (Lipinski definition) is 0. The summed E-state index contributed by atoms with van der Waals surface area (Å²) in [4.78, 5) is 4.29. The molecule has 0 saturated heterocycles. The van der Waals surface area contributed by atoms with Gasteiger partial charge in [-0.3, -0.25) is 0 Å². The van der Waals surface area contributed by atoms with Crippen molar-refractivity contribution < 1.29 is 0 Å². The van der Waals surface area contributed by atoms with Crippen molar-refractivity contribution in [1.82, 2.24) is 9.36 Å². The Bertz CT molecular complexity index is 357. The smallest absolute Gasteiger partial charge is 0.203 e. The van der Waals surface area contributed by atoms with Crippen LogP contribution in [0.3, 0.4) is 0 Å². The molecule has 2 heterocycles. The molecule has 0 N–H and O–H groups in total. The third kappa shape index (κ3) is 1.96. The minimum absolute atomic E-state index is 0.828. The zero-order valence-corrected chi connectivity index (χ0v) is 11.6. The van der Waals surface area contributed by atoms with Crippen LogP contribution in [0.5, 0.6) is 0 Å². The largest absolute Gasteiger partial charge is 0.210 e. The number of thiophene rings is 1. The standard InChI is InChI=1S/C6H2I2N2S2/c7-4-1-3(2-11-4)5-9-6(8)10-12-5/h1-2H. The normalized spacial score (nSPS) is 10.5. The fraction of sp³-hybridized carbons (Fsp3) is 0. The van der Waals surface area contributed by atoms with Crippen LogP contribution in [-0.2, 0) is 0 Å². The number of nitrogens with zero attached hydrogens (tertiary/aromatic N) is 2. The Morgan fingerprint density at radius 1 is 1.33 bits per heavy atom. The Hall–Kier alpha value is 0.720. The zero-order valence-electron chi connectivity index (χ0n) is 5.62. The highest BCUT2D eigenvalue weighted by Crippen LogP contribution is 2.27. The molecule has 0 aromatic carbocycles. The van der Waals surface area contributed by atoms with Crippen LogP contribution in [0.4, 0.5) is 0 Å². The molecule has 6 heteroatoms. The van der Waals surface area contributed by atoms with E-state index in [-0.39, 0.29) is 0 Å². The van der Waals surface area contributed by atoms with Gasteiger partial charge >= 0.3 is 0 Å². The molecule has 2 aromatic heterocycles. The Kier molecular flexibility index (Phi) is 2.97. The van der Waals surface area contributed by atoms with Gasteiger partial charge in [0.15, 0.2) is 0 Å². The molecule has 12 heavy (non-hydrogen) atoms. The van der Waals surface area contributed by atoms with Crippen molar-refractivity contribution in [3.05, 3.63) is 18.2 Å². The third-order valence-electron chi connectivity index (χ3n) is 1.22. The van der Waals surface area contributed by atoms with E-state index in [0.29, 0.717) is 0 Å². The van der Waals surface area contributed by atoms with Gasteiger partial charge in [-0.15, -0.1) is 11.3 Å². The monoisotopic (exact) mass is 420 g/mol. The molecule has 0 atom stereocenters. The summed E-state index contributed by atoms with van der Waals surface area (Å²) in [6, 6.07) is 2.13. The van der Waals surface area contributed by atoms with E-state index in [0.717, 1.165) is 8.84 Å². The Balaban J connectivity index is 2.43. The summed E-state index contributed by atoms with van der Waals surface area (Å²) >= 11 is 7.61. The zero-order chi connectivity index (χ0) is 8.55. The Morgan fingerprint density at radius 3 is 2.67 bits per heavy atom. The van der Waals surface area contributed by atoms with Gasteiger partial charge in [0.05, 0.1) is 2.88 Å². The molecule has 0 fully saturated rings. The lowest BCUT2D eigenvalue weighted by Gasteiger charge is -1.83. The van der Waals surface area contributed by atoms with Crippen LogP contribution in [0.25, 0.3) is 10.6 Å². The van der Waals surface area contributed by atoms with Crippen LogP contribution >= 0.6 is 68.1 Å². The van der Waals surface area contributed by atoms with E-state index in [4.69, 9.17) is 0 Å². The first-order valence-corrected chi connectivity index (χ1v) is 6.80. The number of aromatic nitrogens is 2. The molecular formula is C6H2I2N2S2. The first-order chi connectivity index (χ1) is 5.75. The van der Waals surface area contributed by atoms with E-state index in [1.54, 1.807) is 11.3 Å². The summed E-state index contributed by atoms with van der Waals surface area (Å²) < 4.78 is 6.23. The molecule has 0 aliphatic carbocycles. The molecule has 0 aliphatic rings. The summed E-state index contributed by atoms with van der Waals surface area (Å²) in [5, 5.41) is 3.12. The minimum atomic E-state index is 0.828. The van der Waals surface area contributed by atoms with Crippen LogP contribution in [0, 0.1) is 6.72 Å². The van der Waals surface area contributed by atoms with E-state index in [2.05, 4.69) is 66.0 Å². The van der Waals surface area contributed by atoms with Crippen LogP contribution < -0.4 is 0 Å². The Morgan fingerprint density at radius 2 is 2.17 bits per heavy atom. The predicted molar refractivity (Wildman–Crippen MR) is 68.7 cm³/mol. The van der Waals surface area contributed by atoms with Gasteiger partial charge in [-0.25, -0.2) is 4.98 Å². The molecule has 2 nitrogen and oxygen atoms in total. The van der Waals surface area contributed by atoms with Gasteiger partial charge in [0, 0.05) is 33.5 Å². The van der Waals surface area contributed by atoms with E-state index in [1.807, 2.05) is 0 Å². The average Bonchev–Trinajstić information content (AvgIpc) is 2.58. The second-order valence-electron chi connectivity index (χ2n) is 2.01. The average molecular weight is 420 g/mol. The van der Waals surface area contributed by atoms with Gasteiger partial charge in [-0.2, -0.15) is 4.37 Å². The molecular weight excluding hydrogens is 418 g/mol. The highest BCUT2D eigenvalue weighted by atomic mass is 127. The topological polar surface area (TPSA) is 25.8 Å². The van der Waals surface area contributed by atoms with Gasteiger partial charge in [-0.05, 0) is 40.2 Å². The maximum atomic E-state index is 4.29. The molecule has 2 aromatic rings. The van der Waals surface area contributed by atoms with Crippen molar-refractivity contribution in [3.8, 4) is 10.6 Å². The highest BCUT2D eigenvalue weighted by Gasteiger charge is 2.05. The quantitative estimate of drug-likeness (QED) is 0.661. The van der Waals surface area contributed by atoms with E-state index < -0.39 is 0 Å². The van der Waals surface area contributed by atoms with Crippen molar-refractivity contribution in [1.29, 1.82) is 0 Å².